The molecule has 14 heavy (non-hydrogen) atoms. The van der Waals surface area contributed by atoms with Gasteiger partial charge >= 0.3 is 0 Å². The van der Waals surface area contributed by atoms with E-state index in [1.165, 1.54) is 4.88 Å². The topological polar surface area (TPSA) is 20.2 Å². The lowest BCUT2D eigenvalue weighted by molar-refractivity contribution is 0.112. The summed E-state index contributed by atoms with van der Waals surface area (Å²) in [5, 5.41) is 9.90. The van der Waals surface area contributed by atoms with Crippen LogP contribution in [0.25, 0.3) is 0 Å². The van der Waals surface area contributed by atoms with Crippen LogP contribution < -0.4 is 0 Å². The molecule has 0 spiro atoms. The van der Waals surface area contributed by atoms with Crippen molar-refractivity contribution in [2.24, 2.45) is 5.92 Å². The summed E-state index contributed by atoms with van der Waals surface area (Å²) in [6, 6.07) is 4.12. The molecule has 1 nitrogen and oxygen atoms in total. The molecule has 0 aliphatic heterocycles. The maximum absolute atomic E-state index is 9.90. The molecule has 2 unspecified atom stereocenters. The van der Waals surface area contributed by atoms with Gasteiger partial charge in [0.15, 0.2) is 0 Å². The van der Waals surface area contributed by atoms with Crippen LogP contribution in [-0.2, 0) is 6.42 Å². The number of thiophene rings is 1. The summed E-state index contributed by atoms with van der Waals surface area (Å²) in [4.78, 5) is 1.26. The quantitative estimate of drug-likeness (QED) is 0.866. The highest BCUT2D eigenvalue weighted by Crippen LogP contribution is 2.25. The van der Waals surface area contributed by atoms with Crippen LogP contribution in [0.5, 0.6) is 0 Å². The van der Waals surface area contributed by atoms with Gasteiger partial charge in [-0.2, -0.15) is 0 Å². The Morgan fingerprint density at radius 1 is 1.50 bits per heavy atom. The second kappa shape index (κ2) is 5.89. The predicted octanol–water partition coefficient (Wildman–Crippen LogP) is 3.85. The van der Waals surface area contributed by atoms with Crippen LogP contribution in [0, 0.1) is 5.92 Å². The lowest BCUT2D eigenvalue weighted by Gasteiger charge is -2.17. The highest BCUT2D eigenvalue weighted by atomic mass is 79.9. The molecule has 0 saturated carbocycles. The molecule has 0 amide bonds. The first kappa shape index (κ1) is 12.2. The SMILES string of the molecule is CCCC(C)C(O)Cc1ccc(Br)s1. The van der Waals surface area contributed by atoms with Crippen molar-refractivity contribution in [2.45, 2.75) is 39.2 Å². The Kier molecular flexibility index (Phi) is 5.13. The molecular formula is C11H17BrOS. The van der Waals surface area contributed by atoms with Gasteiger partial charge in [0.05, 0.1) is 9.89 Å². The Morgan fingerprint density at radius 3 is 2.71 bits per heavy atom. The minimum absolute atomic E-state index is 0.194. The fourth-order valence-electron chi connectivity index (χ4n) is 1.52. The van der Waals surface area contributed by atoms with Crippen molar-refractivity contribution in [2.75, 3.05) is 0 Å². The molecule has 1 aromatic rings. The molecule has 80 valence electrons. The Bertz CT molecular complexity index is 272. The van der Waals surface area contributed by atoms with Gasteiger partial charge in [-0.15, -0.1) is 11.3 Å². The van der Waals surface area contributed by atoms with E-state index in [1.807, 2.05) is 6.07 Å². The van der Waals surface area contributed by atoms with Crippen molar-refractivity contribution in [3.8, 4) is 0 Å². The highest BCUT2D eigenvalue weighted by molar-refractivity contribution is 9.11. The van der Waals surface area contributed by atoms with Gasteiger partial charge in [0, 0.05) is 11.3 Å². The molecule has 1 heterocycles. The Balaban J connectivity index is 2.43. The van der Waals surface area contributed by atoms with E-state index < -0.39 is 0 Å². The minimum Gasteiger partial charge on any atom is -0.392 e. The Labute approximate surface area is 98.3 Å². The summed E-state index contributed by atoms with van der Waals surface area (Å²) in [7, 11) is 0. The zero-order valence-corrected chi connectivity index (χ0v) is 11.1. The van der Waals surface area contributed by atoms with Crippen molar-refractivity contribution >= 4 is 27.3 Å². The average molecular weight is 277 g/mol. The van der Waals surface area contributed by atoms with Crippen LogP contribution >= 0.6 is 27.3 Å². The first-order valence-corrected chi connectivity index (χ1v) is 6.66. The fraction of sp³-hybridized carbons (Fsp3) is 0.636. The number of rotatable bonds is 5. The number of hydrogen-bond acceptors (Lipinski definition) is 2. The second-order valence-electron chi connectivity index (χ2n) is 3.74. The highest BCUT2D eigenvalue weighted by Gasteiger charge is 2.14. The lowest BCUT2D eigenvalue weighted by Crippen LogP contribution is -2.19. The van der Waals surface area contributed by atoms with E-state index >= 15 is 0 Å². The van der Waals surface area contributed by atoms with Crippen LogP contribution in [0.4, 0.5) is 0 Å². The van der Waals surface area contributed by atoms with E-state index in [0.29, 0.717) is 5.92 Å². The van der Waals surface area contributed by atoms with Gasteiger partial charge in [-0.1, -0.05) is 20.3 Å². The van der Waals surface area contributed by atoms with Gasteiger partial charge in [0.1, 0.15) is 0 Å². The van der Waals surface area contributed by atoms with Crippen LogP contribution in [0.15, 0.2) is 15.9 Å². The van der Waals surface area contributed by atoms with Gasteiger partial charge in [-0.25, -0.2) is 0 Å². The first-order chi connectivity index (χ1) is 6.63. The lowest BCUT2D eigenvalue weighted by atomic mass is 9.97. The molecule has 3 heteroatoms. The van der Waals surface area contributed by atoms with Gasteiger partial charge < -0.3 is 5.11 Å². The third-order valence-corrected chi connectivity index (χ3v) is 4.09. The average Bonchev–Trinajstić information content (AvgIpc) is 2.51. The molecule has 0 radical (unpaired) electrons. The standard InChI is InChI=1S/C11H17BrOS/c1-3-4-8(2)10(13)7-9-5-6-11(12)14-9/h5-6,8,10,13H,3-4,7H2,1-2H3. The molecule has 2 atom stereocenters. The van der Waals surface area contributed by atoms with E-state index in [2.05, 4.69) is 35.8 Å². The third-order valence-electron chi connectivity index (χ3n) is 2.44. The smallest absolute Gasteiger partial charge is 0.0701 e. The number of aliphatic hydroxyl groups is 1. The van der Waals surface area contributed by atoms with Crippen LogP contribution in [0.1, 0.15) is 31.6 Å². The molecule has 1 rings (SSSR count). The normalized spacial score (nSPS) is 15.4. The Morgan fingerprint density at radius 2 is 2.21 bits per heavy atom. The van der Waals surface area contributed by atoms with Crippen molar-refractivity contribution < 1.29 is 5.11 Å². The van der Waals surface area contributed by atoms with Crippen molar-refractivity contribution in [3.05, 3.63) is 20.8 Å². The first-order valence-electron chi connectivity index (χ1n) is 5.05. The molecule has 0 fully saturated rings. The zero-order valence-electron chi connectivity index (χ0n) is 8.66. The Hall–Kier alpha value is 0.140. The molecule has 0 aromatic carbocycles. The predicted molar refractivity (Wildman–Crippen MR) is 65.8 cm³/mol. The van der Waals surface area contributed by atoms with E-state index in [1.54, 1.807) is 11.3 Å². The summed E-state index contributed by atoms with van der Waals surface area (Å²) < 4.78 is 1.14. The molecule has 1 aromatic heterocycles. The third kappa shape index (κ3) is 3.71. The summed E-state index contributed by atoms with van der Waals surface area (Å²) >= 11 is 5.13. The van der Waals surface area contributed by atoms with Gasteiger partial charge in [0.2, 0.25) is 0 Å². The van der Waals surface area contributed by atoms with E-state index in [0.717, 1.165) is 23.0 Å². The summed E-state index contributed by atoms with van der Waals surface area (Å²) in [5.41, 5.74) is 0. The number of hydrogen-bond donors (Lipinski definition) is 1. The number of halogens is 1. The fourth-order valence-corrected chi connectivity index (χ4v) is 3.05. The van der Waals surface area contributed by atoms with Crippen LogP contribution in [0.2, 0.25) is 0 Å². The van der Waals surface area contributed by atoms with Crippen LogP contribution in [0.3, 0.4) is 0 Å². The molecule has 0 saturated heterocycles. The maximum Gasteiger partial charge on any atom is 0.0701 e. The van der Waals surface area contributed by atoms with Crippen LogP contribution in [-0.4, -0.2) is 11.2 Å². The van der Waals surface area contributed by atoms with E-state index in [9.17, 15) is 5.11 Å². The molecular weight excluding hydrogens is 260 g/mol. The summed E-state index contributed by atoms with van der Waals surface area (Å²) in [6.45, 7) is 4.28. The van der Waals surface area contributed by atoms with E-state index in [4.69, 9.17) is 0 Å². The molecule has 1 N–H and O–H groups in total. The molecule has 0 bridgehead atoms. The largest absolute Gasteiger partial charge is 0.392 e. The molecule has 0 aliphatic carbocycles. The van der Waals surface area contributed by atoms with Gasteiger partial charge in [0.25, 0.3) is 0 Å². The maximum atomic E-state index is 9.90. The van der Waals surface area contributed by atoms with E-state index in [-0.39, 0.29) is 6.10 Å². The van der Waals surface area contributed by atoms with Gasteiger partial charge in [-0.05, 0) is 40.4 Å². The van der Waals surface area contributed by atoms with Gasteiger partial charge in [-0.3, -0.25) is 0 Å². The minimum atomic E-state index is -0.194. The molecule has 0 aliphatic rings. The second-order valence-corrected chi connectivity index (χ2v) is 6.29. The summed E-state index contributed by atoms with van der Waals surface area (Å²) in [5.74, 6) is 0.404. The zero-order chi connectivity index (χ0) is 10.6. The van der Waals surface area contributed by atoms with Crippen molar-refractivity contribution in [3.63, 3.8) is 0 Å². The van der Waals surface area contributed by atoms with Crippen molar-refractivity contribution in [1.29, 1.82) is 0 Å². The summed E-state index contributed by atoms with van der Waals surface area (Å²) in [6.07, 6.45) is 2.85. The van der Waals surface area contributed by atoms with Crippen molar-refractivity contribution in [1.82, 2.24) is 0 Å². The monoisotopic (exact) mass is 276 g/mol. The number of aliphatic hydroxyl groups excluding tert-OH is 1.